The predicted octanol–water partition coefficient (Wildman–Crippen LogP) is 4.55. The Kier molecular flexibility index (Phi) is 5.15. The van der Waals surface area contributed by atoms with E-state index in [-0.39, 0.29) is 5.92 Å². The molecule has 1 aliphatic carbocycles. The minimum atomic E-state index is -1.10. The third-order valence-corrected chi connectivity index (χ3v) is 3.93. The number of carbonyl (C=O) groups excluding carboxylic acids is 1. The second-order valence-corrected chi connectivity index (χ2v) is 6.60. The van der Waals surface area contributed by atoms with Gasteiger partial charge in [-0.15, -0.1) is 0 Å². The summed E-state index contributed by atoms with van der Waals surface area (Å²) >= 11 is 0. The third kappa shape index (κ3) is 5.18. The van der Waals surface area contributed by atoms with E-state index in [2.05, 4.69) is 20.8 Å². The van der Waals surface area contributed by atoms with Crippen LogP contribution in [0.4, 0.5) is 4.39 Å². The van der Waals surface area contributed by atoms with Crippen LogP contribution in [0.3, 0.4) is 0 Å². The molecule has 1 aliphatic rings. The molecule has 2 heteroatoms. The number of carbonyl (C=O) groups is 1. The van der Waals surface area contributed by atoms with E-state index >= 15 is 0 Å². The average Bonchev–Trinajstić information content (AvgIpc) is 2.56. The van der Waals surface area contributed by atoms with Gasteiger partial charge in [-0.25, -0.2) is 4.39 Å². The van der Waals surface area contributed by atoms with Gasteiger partial charge in [-0.2, -0.15) is 0 Å². The summed E-state index contributed by atoms with van der Waals surface area (Å²) in [6, 6.07) is 0. The number of hydrogen-bond donors (Lipinski definition) is 0. The average molecular weight is 242 g/mol. The van der Waals surface area contributed by atoms with Crippen LogP contribution in [0.25, 0.3) is 0 Å². The molecule has 0 N–H and O–H groups in total. The molecule has 0 bridgehead atoms. The molecule has 0 amide bonds. The van der Waals surface area contributed by atoms with Crippen LogP contribution in [0.2, 0.25) is 0 Å². The molecule has 3 unspecified atom stereocenters. The van der Waals surface area contributed by atoms with Crippen LogP contribution in [-0.4, -0.2) is 11.5 Å². The molecule has 1 fully saturated rings. The Hall–Kier alpha value is -0.400. The maximum atomic E-state index is 13.7. The lowest BCUT2D eigenvalue weighted by molar-refractivity contribution is -0.123. The van der Waals surface area contributed by atoms with E-state index in [4.69, 9.17) is 0 Å². The van der Waals surface area contributed by atoms with Crippen molar-refractivity contribution in [3.05, 3.63) is 0 Å². The highest BCUT2D eigenvalue weighted by atomic mass is 19.1. The van der Waals surface area contributed by atoms with Gasteiger partial charge in [-0.05, 0) is 38.0 Å². The fraction of sp³-hybridized carbons (Fsp3) is 0.933. The minimum Gasteiger partial charge on any atom is -0.299 e. The molecular weight excluding hydrogens is 215 g/mol. The van der Waals surface area contributed by atoms with Gasteiger partial charge in [-0.1, -0.05) is 33.6 Å². The summed E-state index contributed by atoms with van der Waals surface area (Å²) in [5.41, 5.74) is -1.10. The zero-order chi connectivity index (χ0) is 13.1. The number of halogens is 1. The monoisotopic (exact) mass is 242 g/mol. The van der Waals surface area contributed by atoms with Crippen molar-refractivity contribution in [2.45, 2.75) is 71.9 Å². The van der Waals surface area contributed by atoms with Crippen LogP contribution >= 0.6 is 0 Å². The third-order valence-electron chi connectivity index (χ3n) is 3.93. The Bertz CT molecular complexity index is 258. The highest BCUT2D eigenvalue weighted by Gasteiger charge is 2.38. The Morgan fingerprint density at radius 2 is 2.00 bits per heavy atom. The Morgan fingerprint density at radius 3 is 2.47 bits per heavy atom. The molecule has 100 valence electrons. The van der Waals surface area contributed by atoms with Crippen molar-refractivity contribution >= 4 is 5.78 Å². The van der Waals surface area contributed by atoms with Gasteiger partial charge in [0.05, 0.1) is 0 Å². The maximum Gasteiger partial charge on any atom is 0.136 e. The van der Waals surface area contributed by atoms with E-state index in [1.165, 1.54) is 6.42 Å². The molecule has 0 aromatic carbocycles. The lowest BCUT2D eigenvalue weighted by Crippen LogP contribution is -2.18. The molecule has 0 aromatic rings. The van der Waals surface area contributed by atoms with Crippen molar-refractivity contribution in [2.24, 2.45) is 17.8 Å². The topological polar surface area (TPSA) is 17.1 Å². The number of hydrogen-bond acceptors (Lipinski definition) is 1. The quantitative estimate of drug-likeness (QED) is 0.668. The fourth-order valence-corrected chi connectivity index (χ4v) is 2.70. The van der Waals surface area contributed by atoms with E-state index in [9.17, 15) is 9.18 Å². The zero-order valence-corrected chi connectivity index (χ0v) is 11.8. The molecule has 0 spiro atoms. The summed E-state index contributed by atoms with van der Waals surface area (Å²) in [6.45, 7) is 8.19. The van der Waals surface area contributed by atoms with Gasteiger partial charge in [0.2, 0.25) is 0 Å². The lowest BCUT2D eigenvalue weighted by Gasteiger charge is -2.16. The molecule has 3 atom stereocenters. The largest absolute Gasteiger partial charge is 0.299 e. The summed E-state index contributed by atoms with van der Waals surface area (Å²) in [6.07, 6.45) is 4.70. The highest BCUT2D eigenvalue weighted by molar-refractivity contribution is 5.81. The molecule has 0 aliphatic heterocycles. The van der Waals surface area contributed by atoms with E-state index in [0.29, 0.717) is 36.9 Å². The first-order valence-electron chi connectivity index (χ1n) is 7.02. The Labute approximate surface area is 105 Å². The second kappa shape index (κ2) is 5.97. The van der Waals surface area contributed by atoms with Crippen LogP contribution in [0.15, 0.2) is 0 Å². The standard InChI is InChI=1S/C15H27FO/c1-11(2)5-6-12(3)9-14(17)13-7-8-15(4,16)10-13/h11-13H,5-10H2,1-4H3. The summed E-state index contributed by atoms with van der Waals surface area (Å²) in [7, 11) is 0. The normalized spacial score (nSPS) is 30.8. The Morgan fingerprint density at radius 1 is 1.35 bits per heavy atom. The predicted molar refractivity (Wildman–Crippen MR) is 69.7 cm³/mol. The van der Waals surface area contributed by atoms with Crippen LogP contribution in [0.1, 0.15) is 66.2 Å². The van der Waals surface area contributed by atoms with Crippen molar-refractivity contribution < 1.29 is 9.18 Å². The van der Waals surface area contributed by atoms with Crippen molar-refractivity contribution in [3.8, 4) is 0 Å². The van der Waals surface area contributed by atoms with Crippen molar-refractivity contribution in [1.29, 1.82) is 0 Å². The molecular formula is C15H27FO. The maximum absolute atomic E-state index is 13.7. The van der Waals surface area contributed by atoms with E-state index < -0.39 is 5.67 Å². The zero-order valence-electron chi connectivity index (χ0n) is 11.8. The first-order valence-corrected chi connectivity index (χ1v) is 7.02. The van der Waals surface area contributed by atoms with Gasteiger partial charge in [-0.3, -0.25) is 4.79 Å². The van der Waals surface area contributed by atoms with Crippen LogP contribution in [-0.2, 0) is 4.79 Å². The molecule has 1 nitrogen and oxygen atoms in total. The van der Waals surface area contributed by atoms with Crippen LogP contribution < -0.4 is 0 Å². The molecule has 0 heterocycles. The van der Waals surface area contributed by atoms with Gasteiger partial charge >= 0.3 is 0 Å². The van der Waals surface area contributed by atoms with E-state index in [1.807, 2.05) is 0 Å². The van der Waals surface area contributed by atoms with Gasteiger partial charge in [0.25, 0.3) is 0 Å². The van der Waals surface area contributed by atoms with E-state index in [0.717, 1.165) is 12.8 Å². The van der Waals surface area contributed by atoms with Gasteiger partial charge in [0, 0.05) is 12.3 Å². The second-order valence-electron chi connectivity index (χ2n) is 6.60. The smallest absolute Gasteiger partial charge is 0.136 e. The minimum absolute atomic E-state index is 0.00787. The van der Waals surface area contributed by atoms with E-state index in [1.54, 1.807) is 6.92 Å². The molecule has 0 radical (unpaired) electrons. The fourth-order valence-electron chi connectivity index (χ4n) is 2.70. The summed E-state index contributed by atoms with van der Waals surface area (Å²) in [4.78, 5) is 12.0. The summed E-state index contributed by atoms with van der Waals surface area (Å²) in [5.74, 6) is 1.44. The first kappa shape index (κ1) is 14.7. The summed E-state index contributed by atoms with van der Waals surface area (Å²) < 4.78 is 13.7. The lowest BCUT2D eigenvalue weighted by atomic mass is 9.89. The van der Waals surface area contributed by atoms with Crippen molar-refractivity contribution in [3.63, 3.8) is 0 Å². The SMILES string of the molecule is CC(C)CCC(C)CC(=O)C1CCC(C)(F)C1. The number of ketones is 1. The van der Waals surface area contributed by atoms with Gasteiger partial charge < -0.3 is 0 Å². The van der Waals surface area contributed by atoms with Gasteiger partial charge in [0.1, 0.15) is 11.5 Å². The van der Waals surface area contributed by atoms with Crippen LogP contribution in [0, 0.1) is 17.8 Å². The van der Waals surface area contributed by atoms with Gasteiger partial charge in [0.15, 0.2) is 0 Å². The highest BCUT2D eigenvalue weighted by Crippen LogP contribution is 2.38. The molecule has 1 rings (SSSR count). The van der Waals surface area contributed by atoms with Crippen LogP contribution in [0.5, 0.6) is 0 Å². The molecule has 1 saturated carbocycles. The molecule has 17 heavy (non-hydrogen) atoms. The Balaban J connectivity index is 2.30. The molecule has 0 saturated heterocycles. The first-order chi connectivity index (χ1) is 7.80. The summed E-state index contributed by atoms with van der Waals surface area (Å²) in [5, 5.41) is 0. The number of alkyl halides is 1. The molecule has 0 aromatic heterocycles. The number of rotatable bonds is 6. The van der Waals surface area contributed by atoms with Crippen molar-refractivity contribution in [1.82, 2.24) is 0 Å². The number of Topliss-reactive ketones (excluding diaryl/α,β-unsaturated/α-hetero) is 1. The van der Waals surface area contributed by atoms with Crippen molar-refractivity contribution in [2.75, 3.05) is 0 Å².